The smallest absolute Gasteiger partial charge is 0.418 e. The maximum Gasteiger partial charge on any atom is 0.418 e. The van der Waals surface area contributed by atoms with Gasteiger partial charge in [-0.3, -0.25) is 4.79 Å². The Balaban J connectivity index is 1.30. The van der Waals surface area contributed by atoms with E-state index in [9.17, 15) is 22.8 Å². The number of aromatic nitrogens is 1. The topological polar surface area (TPSA) is 102 Å². The Morgan fingerprint density at radius 2 is 1.80 bits per heavy atom. The lowest BCUT2D eigenvalue weighted by Crippen LogP contribution is -2.19. The van der Waals surface area contributed by atoms with Gasteiger partial charge in [0.2, 0.25) is 6.79 Å². The minimum atomic E-state index is -4.68. The largest absolute Gasteiger partial charge is 0.454 e. The van der Waals surface area contributed by atoms with Crippen molar-refractivity contribution in [1.82, 2.24) is 10.4 Å². The van der Waals surface area contributed by atoms with Crippen LogP contribution in [0.15, 0.2) is 88.4 Å². The molecule has 222 valence electrons. The quantitative estimate of drug-likeness (QED) is 0.0818. The van der Waals surface area contributed by atoms with Gasteiger partial charge in [-0.25, -0.2) is 10.2 Å². The molecule has 0 fully saturated rings. The van der Waals surface area contributed by atoms with E-state index in [1.54, 1.807) is 42.5 Å². The number of hydrogen-bond donors (Lipinski definition) is 2. The average Bonchev–Trinajstić information content (AvgIpc) is 3.62. The molecular formula is C31H18BrClF3N3O5. The predicted molar refractivity (Wildman–Crippen MR) is 160 cm³/mol. The number of ether oxygens (including phenoxy) is 3. The highest BCUT2D eigenvalue weighted by molar-refractivity contribution is 9.10. The van der Waals surface area contributed by atoms with Gasteiger partial charge in [0.15, 0.2) is 11.5 Å². The van der Waals surface area contributed by atoms with Gasteiger partial charge in [-0.1, -0.05) is 57.9 Å². The summed E-state index contributed by atoms with van der Waals surface area (Å²) < 4.78 is 58.3. The van der Waals surface area contributed by atoms with Gasteiger partial charge in [-0.15, -0.1) is 0 Å². The van der Waals surface area contributed by atoms with Crippen molar-refractivity contribution in [3.8, 4) is 28.4 Å². The molecule has 0 aliphatic carbocycles. The molecule has 4 aromatic carbocycles. The fourth-order valence-electron chi connectivity index (χ4n) is 4.68. The van der Waals surface area contributed by atoms with Gasteiger partial charge in [-0.2, -0.15) is 18.3 Å². The number of carbonyl (C=O) groups excluding carboxylic acids is 2. The normalized spacial score (nSPS) is 12.6. The molecule has 0 saturated heterocycles. The molecule has 13 heteroatoms. The highest BCUT2D eigenvalue weighted by Crippen LogP contribution is 2.41. The monoisotopic (exact) mass is 683 g/mol. The van der Waals surface area contributed by atoms with Crippen LogP contribution in [0.2, 0.25) is 5.02 Å². The average molecular weight is 685 g/mol. The van der Waals surface area contributed by atoms with Gasteiger partial charge in [0, 0.05) is 31.6 Å². The lowest BCUT2D eigenvalue weighted by Gasteiger charge is -2.09. The van der Waals surface area contributed by atoms with Crippen molar-refractivity contribution in [3.63, 3.8) is 0 Å². The van der Waals surface area contributed by atoms with E-state index in [2.05, 4.69) is 31.4 Å². The summed E-state index contributed by atoms with van der Waals surface area (Å²) in [5.74, 6) is -0.445. The van der Waals surface area contributed by atoms with Crippen molar-refractivity contribution in [2.45, 2.75) is 6.18 Å². The Morgan fingerprint density at radius 3 is 2.59 bits per heavy atom. The number of esters is 1. The summed E-state index contributed by atoms with van der Waals surface area (Å²) in [6.45, 7) is 0.0504. The number of benzene rings is 4. The molecule has 2 N–H and O–H groups in total. The number of hydrazone groups is 1. The van der Waals surface area contributed by atoms with Crippen molar-refractivity contribution in [3.05, 3.63) is 111 Å². The van der Waals surface area contributed by atoms with E-state index in [1.807, 2.05) is 0 Å². The zero-order valence-electron chi connectivity index (χ0n) is 22.2. The summed E-state index contributed by atoms with van der Waals surface area (Å²) >= 11 is 9.75. The van der Waals surface area contributed by atoms with E-state index in [0.29, 0.717) is 27.1 Å². The molecule has 44 heavy (non-hydrogen) atoms. The second-order valence-corrected chi connectivity index (χ2v) is 10.7. The van der Waals surface area contributed by atoms with Crippen molar-refractivity contribution >= 4 is 56.5 Å². The Hall–Kier alpha value is -4.81. The molecule has 2 heterocycles. The highest BCUT2D eigenvalue weighted by atomic mass is 79.9. The van der Waals surface area contributed by atoms with Crippen molar-refractivity contribution < 1.29 is 37.0 Å². The molecule has 0 saturated carbocycles. The fraction of sp³-hybridized carbons (Fsp3) is 0.0645. The number of carbonyl (C=O) groups is 2. The van der Waals surface area contributed by atoms with Crippen LogP contribution >= 0.6 is 27.5 Å². The van der Waals surface area contributed by atoms with Gasteiger partial charge in [-0.05, 0) is 48.5 Å². The standard InChI is InChI=1S/C31H18BrClF3N3O5/c32-18-9-11-23(44-30(41)16-8-10-24-25(13-16)43-15-42-24)17(12-18)14-37-39-29(40)28-26(19-4-1-2-7-22(19)33)20-5-3-6-21(27(20)38-28)31(34,35)36/h1-14,38H,15H2,(H,39,40). The molecule has 0 unspecified atom stereocenters. The third-order valence-corrected chi connectivity index (χ3v) is 7.48. The molecule has 0 atom stereocenters. The summed E-state index contributed by atoms with van der Waals surface area (Å²) in [4.78, 5) is 28.9. The molecule has 0 radical (unpaired) electrons. The number of rotatable bonds is 6. The number of hydrogen-bond acceptors (Lipinski definition) is 6. The zero-order chi connectivity index (χ0) is 31.0. The third-order valence-electron chi connectivity index (χ3n) is 6.66. The van der Waals surface area contributed by atoms with Crippen LogP contribution < -0.4 is 19.6 Å². The van der Waals surface area contributed by atoms with Crippen LogP contribution in [0.5, 0.6) is 17.2 Å². The van der Waals surface area contributed by atoms with E-state index in [0.717, 1.165) is 6.07 Å². The van der Waals surface area contributed by atoms with Crippen LogP contribution in [0.25, 0.3) is 22.0 Å². The van der Waals surface area contributed by atoms with Crippen molar-refractivity contribution in [2.75, 3.05) is 6.79 Å². The Morgan fingerprint density at radius 1 is 1.00 bits per heavy atom. The minimum Gasteiger partial charge on any atom is -0.454 e. The van der Waals surface area contributed by atoms with Crippen LogP contribution in [0.3, 0.4) is 0 Å². The summed E-state index contributed by atoms with van der Waals surface area (Å²) in [5, 5.41) is 4.40. The van der Waals surface area contributed by atoms with Crippen LogP contribution in [0.4, 0.5) is 13.2 Å². The van der Waals surface area contributed by atoms with E-state index in [-0.39, 0.29) is 45.3 Å². The number of fused-ring (bicyclic) bond motifs is 2. The van der Waals surface area contributed by atoms with E-state index in [4.69, 9.17) is 25.8 Å². The van der Waals surface area contributed by atoms with Gasteiger partial charge in [0.25, 0.3) is 5.91 Å². The number of alkyl halides is 3. The number of H-pyrrole nitrogens is 1. The summed E-state index contributed by atoms with van der Waals surface area (Å²) in [7, 11) is 0. The van der Waals surface area contributed by atoms with Crippen LogP contribution in [-0.2, 0) is 6.18 Å². The number of amides is 1. The number of nitrogens with one attached hydrogen (secondary N) is 2. The molecule has 6 rings (SSSR count). The van der Waals surface area contributed by atoms with Gasteiger partial charge < -0.3 is 19.2 Å². The van der Waals surface area contributed by atoms with Crippen LogP contribution in [-0.4, -0.2) is 29.9 Å². The minimum absolute atomic E-state index is 0.0504. The van der Waals surface area contributed by atoms with E-state index < -0.39 is 23.6 Å². The second-order valence-electron chi connectivity index (χ2n) is 9.42. The summed E-state index contributed by atoms with van der Waals surface area (Å²) in [6, 6.07) is 19.6. The molecular weight excluding hydrogens is 667 g/mol. The number of aromatic amines is 1. The van der Waals surface area contributed by atoms with E-state index >= 15 is 0 Å². The first-order valence-electron chi connectivity index (χ1n) is 12.8. The van der Waals surface area contributed by atoms with Crippen molar-refractivity contribution in [1.29, 1.82) is 0 Å². The third kappa shape index (κ3) is 5.73. The second kappa shape index (κ2) is 11.7. The van der Waals surface area contributed by atoms with Gasteiger partial charge >= 0.3 is 12.1 Å². The zero-order valence-corrected chi connectivity index (χ0v) is 24.5. The molecule has 0 bridgehead atoms. The van der Waals surface area contributed by atoms with Crippen LogP contribution in [0, 0.1) is 0 Å². The van der Waals surface area contributed by atoms with Crippen molar-refractivity contribution in [2.24, 2.45) is 5.10 Å². The molecule has 1 aliphatic heterocycles. The van der Waals surface area contributed by atoms with Gasteiger partial charge in [0.1, 0.15) is 11.4 Å². The summed E-state index contributed by atoms with van der Waals surface area (Å²) in [6.07, 6.45) is -3.44. The van der Waals surface area contributed by atoms with Gasteiger partial charge in [0.05, 0.1) is 22.9 Å². The first-order valence-corrected chi connectivity index (χ1v) is 14.0. The lowest BCUT2D eigenvalue weighted by molar-refractivity contribution is -0.136. The predicted octanol–water partition coefficient (Wildman–Crippen LogP) is 7.98. The molecule has 1 amide bonds. The fourth-order valence-corrected chi connectivity index (χ4v) is 5.29. The Bertz CT molecular complexity index is 1980. The number of para-hydroxylation sites is 1. The molecule has 8 nitrogen and oxygen atoms in total. The SMILES string of the molecule is O=C(Oc1ccc(Br)cc1C=NNC(=O)c1[nH]c2c(C(F)(F)F)cccc2c1-c1ccccc1Cl)c1ccc2c(c1)OCO2. The number of nitrogens with zero attached hydrogens (tertiary/aromatic N) is 1. The first kappa shape index (κ1) is 29.3. The van der Waals surface area contributed by atoms with E-state index in [1.165, 1.54) is 36.5 Å². The number of halogens is 5. The lowest BCUT2D eigenvalue weighted by atomic mass is 10.00. The molecule has 1 aromatic heterocycles. The molecule has 5 aromatic rings. The highest BCUT2D eigenvalue weighted by Gasteiger charge is 2.35. The first-order chi connectivity index (χ1) is 21.1. The molecule has 1 aliphatic rings. The van der Waals surface area contributed by atoms with Crippen LogP contribution in [0.1, 0.15) is 32.0 Å². The maximum absolute atomic E-state index is 13.8. The summed E-state index contributed by atoms with van der Waals surface area (Å²) in [5.41, 5.74) is 2.04. The Labute approximate surface area is 260 Å². The Kier molecular flexibility index (Phi) is 7.78. The molecule has 0 spiro atoms. The maximum atomic E-state index is 13.8.